The van der Waals surface area contributed by atoms with Crippen molar-refractivity contribution in [2.24, 2.45) is 11.8 Å². The quantitative estimate of drug-likeness (QED) is 0.850. The molecule has 2 nitrogen and oxygen atoms in total. The van der Waals surface area contributed by atoms with Gasteiger partial charge in [-0.3, -0.25) is 0 Å². The van der Waals surface area contributed by atoms with Gasteiger partial charge < -0.3 is 9.84 Å². The third-order valence-corrected chi connectivity index (χ3v) is 3.78. The van der Waals surface area contributed by atoms with Gasteiger partial charge in [0.15, 0.2) is 0 Å². The molecule has 1 saturated carbocycles. The second-order valence-electron chi connectivity index (χ2n) is 5.62. The molecule has 1 aliphatic rings. The summed E-state index contributed by atoms with van der Waals surface area (Å²) < 4.78 is 5.23. The number of benzene rings is 1. The lowest BCUT2D eigenvalue weighted by molar-refractivity contribution is -0.0364. The van der Waals surface area contributed by atoms with E-state index < -0.39 is 5.60 Å². The maximum absolute atomic E-state index is 10.8. The second kappa shape index (κ2) is 4.69. The monoisotopic (exact) mass is 234 g/mol. The highest BCUT2D eigenvalue weighted by Crippen LogP contribution is 2.43. The van der Waals surface area contributed by atoms with Crippen LogP contribution in [-0.4, -0.2) is 12.2 Å². The van der Waals surface area contributed by atoms with E-state index in [9.17, 15) is 5.11 Å². The maximum atomic E-state index is 10.8. The number of hydrogen-bond donors (Lipinski definition) is 1. The molecule has 1 aliphatic carbocycles. The van der Waals surface area contributed by atoms with Crippen LogP contribution in [0.15, 0.2) is 24.3 Å². The SMILES string of the molecule is COc1cccc(C2(O)CC(C)CC(C)C2)c1. The van der Waals surface area contributed by atoms with Crippen LogP contribution < -0.4 is 4.74 Å². The van der Waals surface area contributed by atoms with E-state index in [0.29, 0.717) is 11.8 Å². The average molecular weight is 234 g/mol. The zero-order chi connectivity index (χ0) is 12.5. The highest BCUT2D eigenvalue weighted by molar-refractivity contribution is 5.32. The van der Waals surface area contributed by atoms with Crippen molar-refractivity contribution in [2.45, 2.75) is 38.7 Å². The van der Waals surface area contributed by atoms with Crippen molar-refractivity contribution in [1.82, 2.24) is 0 Å². The van der Waals surface area contributed by atoms with Gasteiger partial charge in [0, 0.05) is 0 Å². The van der Waals surface area contributed by atoms with Crippen LogP contribution in [0.5, 0.6) is 5.75 Å². The van der Waals surface area contributed by atoms with Crippen LogP contribution in [0.4, 0.5) is 0 Å². The summed E-state index contributed by atoms with van der Waals surface area (Å²) in [6.07, 6.45) is 2.92. The normalized spacial score (nSPS) is 33.4. The molecular formula is C15H22O2. The Morgan fingerprint density at radius 3 is 2.47 bits per heavy atom. The predicted molar refractivity (Wildman–Crippen MR) is 69.1 cm³/mol. The minimum atomic E-state index is -0.675. The van der Waals surface area contributed by atoms with E-state index in [1.165, 1.54) is 6.42 Å². The third-order valence-electron chi connectivity index (χ3n) is 3.78. The van der Waals surface area contributed by atoms with E-state index >= 15 is 0 Å². The first-order valence-electron chi connectivity index (χ1n) is 6.40. The van der Waals surface area contributed by atoms with E-state index in [1.807, 2.05) is 24.3 Å². The van der Waals surface area contributed by atoms with Gasteiger partial charge in [0.05, 0.1) is 12.7 Å². The summed E-state index contributed by atoms with van der Waals surface area (Å²) in [5.41, 5.74) is 0.321. The first kappa shape index (κ1) is 12.4. The molecular weight excluding hydrogens is 212 g/mol. The van der Waals surface area contributed by atoms with Crippen LogP contribution in [0.3, 0.4) is 0 Å². The summed E-state index contributed by atoms with van der Waals surface area (Å²) in [4.78, 5) is 0. The van der Waals surface area contributed by atoms with E-state index in [0.717, 1.165) is 24.2 Å². The number of aliphatic hydroxyl groups is 1. The van der Waals surface area contributed by atoms with E-state index in [1.54, 1.807) is 7.11 Å². The van der Waals surface area contributed by atoms with Gasteiger partial charge in [0.25, 0.3) is 0 Å². The third kappa shape index (κ3) is 2.63. The first-order chi connectivity index (χ1) is 8.03. The fraction of sp³-hybridized carbons (Fsp3) is 0.600. The van der Waals surface area contributed by atoms with Crippen LogP contribution in [-0.2, 0) is 5.60 Å². The lowest BCUT2D eigenvalue weighted by Crippen LogP contribution is -2.35. The summed E-state index contributed by atoms with van der Waals surface area (Å²) in [5.74, 6) is 1.98. The highest BCUT2D eigenvalue weighted by atomic mass is 16.5. The Bertz CT molecular complexity index is 376. The van der Waals surface area contributed by atoms with Crippen LogP contribution >= 0.6 is 0 Å². The molecule has 1 fully saturated rings. The molecule has 17 heavy (non-hydrogen) atoms. The smallest absolute Gasteiger partial charge is 0.119 e. The van der Waals surface area contributed by atoms with Gasteiger partial charge >= 0.3 is 0 Å². The summed E-state index contributed by atoms with van der Waals surface area (Å²) in [7, 11) is 1.66. The number of ether oxygens (including phenoxy) is 1. The lowest BCUT2D eigenvalue weighted by atomic mass is 9.71. The Labute approximate surface area is 104 Å². The maximum Gasteiger partial charge on any atom is 0.119 e. The average Bonchev–Trinajstić information content (AvgIpc) is 2.27. The molecule has 0 bridgehead atoms. The largest absolute Gasteiger partial charge is 0.497 e. The molecule has 1 aromatic carbocycles. The summed E-state index contributed by atoms with van der Waals surface area (Å²) >= 11 is 0. The minimum absolute atomic E-state index is 0.579. The number of rotatable bonds is 2. The Morgan fingerprint density at radius 2 is 1.88 bits per heavy atom. The van der Waals surface area contributed by atoms with Crippen molar-refractivity contribution < 1.29 is 9.84 Å². The zero-order valence-corrected chi connectivity index (χ0v) is 10.9. The first-order valence-corrected chi connectivity index (χ1v) is 6.40. The summed E-state index contributed by atoms with van der Waals surface area (Å²) in [5, 5.41) is 10.8. The van der Waals surface area contributed by atoms with Gasteiger partial charge in [0.2, 0.25) is 0 Å². The predicted octanol–water partition coefficient (Wildman–Crippen LogP) is 3.34. The molecule has 0 spiro atoms. The lowest BCUT2D eigenvalue weighted by Gasteiger charge is -2.39. The molecule has 1 N–H and O–H groups in total. The van der Waals surface area contributed by atoms with Crippen molar-refractivity contribution in [1.29, 1.82) is 0 Å². The zero-order valence-electron chi connectivity index (χ0n) is 10.9. The number of hydrogen-bond acceptors (Lipinski definition) is 2. The van der Waals surface area contributed by atoms with Crippen molar-refractivity contribution in [2.75, 3.05) is 7.11 Å². The molecule has 2 heteroatoms. The second-order valence-corrected chi connectivity index (χ2v) is 5.62. The van der Waals surface area contributed by atoms with Crippen LogP contribution in [0, 0.1) is 11.8 Å². The van der Waals surface area contributed by atoms with Gasteiger partial charge in [-0.2, -0.15) is 0 Å². The molecule has 2 unspecified atom stereocenters. The summed E-state index contributed by atoms with van der Waals surface area (Å²) in [6, 6.07) is 7.84. The van der Waals surface area contributed by atoms with Gasteiger partial charge in [0.1, 0.15) is 5.75 Å². The minimum Gasteiger partial charge on any atom is -0.497 e. The molecule has 0 radical (unpaired) electrons. The molecule has 2 rings (SSSR count). The highest BCUT2D eigenvalue weighted by Gasteiger charge is 2.37. The molecule has 0 amide bonds. The molecule has 0 aliphatic heterocycles. The Balaban J connectivity index is 2.29. The fourth-order valence-corrected chi connectivity index (χ4v) is 3.24. The van der Waals surface area contributed by atoms with E-state index in [4.69, 9.17) is 4.74 Å². The van der Waals surface area contributed by atoms with Gasteiger partial charge in [-0.1, -0.05) is 26.0 Å². The van der Waals surface area contributed by atoms with Crippen molar-refractivity contribution >= 4 is 0 Å². The van der Waals surface area contributed by atoms with Crippen LogP contribution in [0.1, 0.15) is 38.7 Å². The van der Waals surface area contributed by atoms with E-state index in [-0.39, 0.29) is 0 Å². The number of methoxy groups -OCH3 is 1. The van der Waals surface area contributed by atoms with Crippen molar-refractivity contribution in [3.05, 3.63) is 29.8 Å². The van der Waals surface area contributed by atoms with Crippen molar-refractivity contribution in [3.8, 4) is 5.75 Å². The van der Waals surface area contributed by atoms with Crippen LogP contribution in [0.25, 0.3) is 0 Å². The standard InChI is InChI=1S/C15H22O2/c1-11-7-12(2)10-15(16,9-11)13-5-4-6-14(8-13)17-3/h4-6,8,11-12,16H,7,9-10H2,1-3H3. The molecule has 0 saturated heterocycles. The summed E-state index contributed by atoms with van der Waals surface area (Å²) in [6.45, 7) is 4.45. The van der Waals surface area contributed by atoms with Gasteiger partial charge in [-0.15, -0.1) is 0 Å². The van der Waals surface area contributed by atoms with E-state index in [2.05, 4.69) is 13.8 Å². The molecule has 2 atom stereocenters. The molecule has 1 aromatic rings. The van der Waals surface area contributed by atoms with Gasteiger partial charge in [-0.05, 0) is 48.8 Å². The fourth-order valence-electron chi connectivity index (χ4n) is 3.24. The Kier molecular flexibility index (Phi) is 3.43. The Morgan fingerprint density at radius 1 is 1.24 bits per heavy atom. The Hall–Kier alpha value is -1.02. The topological polar surface area (TPSA) is 29.5 Å². The molecule has 0 heterocycles. The van der Waals surface area contributed by atoms with Crippen molar-refractivity contribution in [3.63, 3.8) is 0 Å². The van der Waals surface area contributed by atoms with Gasteiger partial charge in [-0.25, -0.2) is 0 Å². The molecule has 94 valence electrons. The van der Waals surface area contributed by atoms with Crippen LogP contribution in [0.2, 0.25) is 0 Å². The molecule has 0 aromatic heterocycles.